The number of aliphatic hydroxyl groups excluding tert-OH is 1. The first-order valence-electron chi connectivity index (χ1n) is 18.1. The molecule has 0 aromatic carbocycles. The van der Waals surface area contributed by atoms with Crippen LogP contribution in [0.25, 0.3) is 0 Å². The summed E-state index contributed by atoms with van der Waals surface area (Å²) in [4.78, 5) is 65.6. The summed E-state index contributed by atoms with van der Waals surface area (Å²) in [5.41, 5.74) is -6.86. The number of aliphatic hydroxyl groups is 3. The van der Waals surface area contributed by atoms with Gasteiger partial charge in [0.25, 0.3) is 12.4 Å². The van der Waals surface area contributed by atoms with Crippen LogP contribution >= 0.6 is 0 Å². The maximum Gasteiger partial charge on any atom is 0.335 e. The highest BCUT2D eigenvalue weighted by atomic mass is 16.9. The molecule has 1 aromatic heterocycles. The summed E-state index contributed by atoms with van der Waals surface area (Å²) in [6.07, 6.45) is -5.45. The Bertz CT molecular complexity index is 1630. The van der Waals surface area contributed by atoms with Gasteiger partial charge in [-0.1, -0.05) is 40.7 Å². The molecule has 1 aromatic rings. The molecule has 0 spiro atoms. The third-order valence-corrected chi connectivity index (χ3v) is 12.9. The van der Waals surface area contributed by atoms with Gasteiger partial charge in [0.05, 0.1) is 50.1 Å². The van der Waals surface area contributed by atoms with Crippen molar-refractivity contribution < 1.29 is 76.9 Å². The molecule has 4 aliphatic rings. The van der Waals surface area contributed by atoms with Gasteiger partial charge in [0.2, 0.25) is 0 Å². The van der Waals surface area contributed by atoms with Crippen LogP contribution in [0.5, 0.6) is 0 Å². The molecule has 300 valence electrons. The van der Waals surface area contributed by atoms with Crippen molar-refractivity contribution in [1.82, 2.24) is 0 Å². The lowest BCUT2D eigenvalue weighted by Gasteiger charge is -2.62. The first-order chi connectivity index (χ1) is 25.2. The van der Waals surface area contributed by atoms with Crippen molar-refractivity contribution in [2.24, 2.45) is 28.6 Å². The van der Waals surface area contributed by atoms with Crippen molar-refractivity contribution in [2.45, 2.75) is 128 Å². The SMILES string of the molecule is C=C1[C@H]([C@@]2(C)[C@@H](OC(C)=O)C[C@]3(O)OC[C@@](C)(O3)[C@@H]2CC(=O)OC)[C@@H](OC=O)[C@H](OC(=O)[C@H](O)[C@H](C)CC)[C@@]2(C)[C@H](c3ccoc3)C[C@@H](OC(C)=O)[C@]12O. The van der Waals surface area contributed by atoms with E-state index in [0.717, 1.165) is 6.92 Å². The normalized spacial score (nSPS) is 41.1. The van der Waals surface area contributed by atoms with E-state index in [1.807, 2.05) is 0 Å². The zero-order valence-electron chi connectivity index (χ0n) is 31.9. The summed E-state index contributed by atoms with van der Waals surface area (Å²) in [6.45, 7) is 14.8. The van der Waals surface area contributed by atoms with E-state index in [2.05, 4.69) is 6.58 Å². The molecule has 5 rings (SSSR count). The smallest absolute Gasteiger partial charge is 0.335 e. The van der Waals surface area contributed by atoms with Crippen LogP contribution in [0.3, 0.4) is 0 Å². The number of hydrogen-bond donors (Lipinski definition) is 3. The number of fused-ring (bicyclic) bond motifs is 3. The molecular formula is C38H52O16. The Balaban J connectivity index is 1.86. The summed E-state index contributed by atoms with van der Waals surface area (Å²) in [6, 6.07) is 1.63. The van der Waals surface area contributed by atoms with Gasteiger partial charge in [-0.2, -0.15) is 0 Å². The second kappa shape index (κ2) is 14.7. The average Bonchev–Trinajstić information content (AvgIpc) is 3.79. The van der Waals surface area contributed by atoms with Gasteiger partial charge in [-0.25, -0.2) is 4.79 Å². The molecule has 16 nitrogen and oxygen atoms in total. The highest BCUT2D eigenvalue weighted by molar-refractivity contribution is 5.75. The third kappa shape index (κ3) is 6.42. The number of rotatable bonds is 12. The molecule has 2 saturated carbocycles. The van der Waals surface area contributed by atoms with E-state index in [0.29, 0.717) is 12.0 Å². The summed E-state index contributed by atoms with van der Waals surface area (Å²) in [5.74, 6) is -9.64. The fourth-order valence-electron chi connectivity index (χ4n) is 9.99. The van der Waals surface area contributed by atoms with Gasteiger partial charge in [-0.15, -0.1) is 0 Å². The highest BCUT2D eigenvalue weighted by Crippen LogP contribution is 2.70. The Labute approximate surface area is 313 Å². The lowest BCUT2D eigenvalue weighted by Crippen LogP contribution is -2.72. The van der Waals surface area contributed by atoms with Crippen LogP contribution < -0.4 is 0 Å². The lowest BCUT2D eigenvalue weighted by atomic mass is 9.46. The Kier molecular flexibility index (Phi) is 11.2. The standard InChI is InChI=1S/C38H52O16/c1-10-19(2)30(43)33(44)53-32-31(49-18-39)29(20(3)38(46)26(51-21(4)40)13-24(36(32,38)8)23-11-12-48-16-23)35(7)25(14-28(42)47-9)34(6)17-50-37(45,54-34)15-27(35)52-22(5)41/h11-12,16,18-19,24-27,29-32,43,45-46H,3,10,13-15,17H2,1-2,4-9H3/t19-,24+,25+,26-,27+,29+,30-,31-,32+,34-,35-,36-,37+,38-/m1/s1. The van der Waals surface area contributed by atoms with E-state index in [1.54, 1.807) is 40.7 Å². The number of hydrogen-bond acceptors (Lipinski definition) is 16. The monoisotopic (exact) mass is 764 g/mol. The number of esters is 4. The van der Waals surface area contributed by atoms with Gasteiger partial charge in [-0.05, 0) is 36.5 Å². The minimum Gasteiger partial charge on any atom is -0.472 e. The topological polar surface area (TPSA) is 224 Å². The van der Waals surface area contributed by atoms with Gasteiger partial charge in [0, 0.05) is 37.0 Å². The summed E-state index contributed by atoms with van der Waals surface area (Å²) in [7, 11) is 1.17. The number of furan rings is 1. The van der Waals surface area contributed by atoms with Crippen molar-refractivity contribution in [3.05, 3.63) is 36.3 Å². The van der Waals surface area contributed by atoms with Crippen molar-refractivity contribution in [3.63, 3.8) is 0 Å². The van der Waals surface area contributed by atoms with Crippen LogP contribution in [0.15, 0.2) is 35.2 Å². The van der Waals surface area contributed by atoms with E-state index in [1.165, 1.54) is 26.6 Å². The van der Waals surface area contributed by atoms with Gasteiger partial charge < -0.3 is 52.9 Å². The van der Waals surface area contributed by atoms with Gasteiger partial charge >= 0.3 is 23.9 Å². The Morgan fingerprint density at radius 2 is 1.72 bits per heavy atom. The van der Waals surface area contributed by atoms with Crippen LogP contribution in [0.4, 0.5) is 0 Å². The number of carbonyl (C=O) groups is 5. The van der Waals surface area contributed by atoms with Gasteiger partial charge in [0.15, 0.2) is 6.10 Å². The Hall–Kier alpha value is -3.83. The second-order valence-corrected chi connectivity index (χ2v) is 15.8. The van der Waals surface area contributed by atoms with E-state index < -0.39 is 119 Å². The quantitative estimate of drug-likeness (QED) is 0.120. The molecule has 2 bridgehead atoms. The summed E-state index contributed by atoms with van der Waals surface area (Å²) >= 11 is 0. The first kappa shape index (κ1) is 41.3. The average molecular weight is 765 g/mol. The highest BCUT2D eigenvalue weighted by Gasteiger charge is 2.79. The molecule has 14 atom stereocenters. The van der Waals surface area contributed by atoms with Crippen molar-refractivity contribution in [1.29, 1.82) is 0 Å². The van der Waals surface area contributed by atoms with E-state index >= 15 is 0 Å². The summed E-state index contributed by atoms with van der Waals surface area (Å²) in [5, 5.41) is 36.2. The summed E-state index contributed by atoms with van der Waals surface area (Å²) < 4.78 is 46.4. The molecule has 54 heavy (non-hydrogen) atoms. The first-order valence-corrected chi connectivity index (χ1v) is 18.1. The van der Waals surface area contributed by atoms with E-state index in [9.17, 15) is 39.3 Å². The molecule has 3 N–H and O–H groups in total. The third-order valence-electron chi connectivity index (χ3n) is 12.9. The Morgan fingerprint density at radius 3 is 2.28 bits per heavy atom. The zero-order valence-corrected chi connectivity index (χ0v) is 31.9. The van der Waals surface area contributed by atoms with E-state index in [4.69, 9.17) is 37.6 Å². The largest absolute Gasteiger partial charge is 0.472 e. The van der Waals surface area contributed by atoms with Gasteiger partial charge in [0.1, 0.15) is 30.0 Å². The number of ether oxygens (including phenoxy) is 7. The second-order valence-electron chi connectivity index (χ2n) is 15.8. The lowest BCUT2D eigenvalue weighted by molar-refractivity contribution is -0.328. The van der Waals surface area contributed by atoms with Crippen LogP contribution in [0.2, 0.25) is 0 Å². The number of carbonyl (C=O) groups excluding carboxylic acids is 5. The molecule has 2 aliphatic carbocycles. The number of methoxy groups -OCH3 is 1. The molecule has 2 saturated heterocycles. The molecule has 0 amide bonds. The predicted molar refractivity (Wildman–Crippen MR) is 182 cm³/mol. The minimum atomic E-state index is -2.32. The zero-order chi connectivity index (χ0) is 40.2. The molecule has 16 heteroatoms. The van der Waals surface area contributed by atoms with Crippen LogP contribution in [-0.2, 0) is 57.1 Å². The van der Waals surface area contributed by atoms with Crippen LogP contribution in [-0.4, -0.2) is 107 Å². The molecule has 4 fully saturated rings. The fourth-order valence-corrected chi connectivity index (χ4v) is 9.99. The van der Waals surface area contributed by atoms with Crippen LogP contribution in [0.1, 0.15) is 85.6 Å². The molecule has 0 radical (unpaired) electrons. The van der Waals surface area contributed by atoms with Crippen molar-refractivity contribution >= 4 is 30.3 Å². The predicted octanol–water partition coefficient (Wildman–Crippen LogP) is 2.46. The molecule has 0 unspecified atom stereocenters. The van der Waals surface area contributed by atoms with Crippen molar-refractivity contribution in [3.8, 4) is 0 Å². The minimum absolute atomic E-state index is 0.0578. The molecule has 3 heterocycles. The maximum atomic E-state index is 14.0. The molecular weight excluding hydrogens is 712 g/mol. The van der Waals surface area contributed by atoms with Gasteiger partial charge in [-0.3, -0.25) is 19.2 Å². The van der Waals surface area contributed by atoms with Crippen molar-refractivity contribution in [2.75, 3.05) is 13.7 Å². The Morgan fingerprint density at radius 1 is 1.07 bits per heavy atom. The maximum absolute atomic E-state index is 14.0. The molecule has 2 aliphatic heterocycles. The van der Waals surface area contributed by atoms with E-state index in [-0.39, 0.29) is 25.1 Å². The fraction of sp³-hybridized carbons (Fsp3) is 0.711. The van der Waals surface area contributed by atoms with Crippen LogP contribution in [0, 0.1) is 28.6 Å².